The Balaban J connectivity index is 2.00. The highest BCUT2D eigenvalue weighted by molar-refractivity contribution is 5.40. The third-order valence-electron chi connectivity index (χ3n) is 3.62. The molecule has 1 aromatic rings. The normalized spacial score (nSPS) is 25.3. The van der Waals surface area contributed by atoms with E-state index in [-0.39, 0.29) is 0 Å². The van der Waals surface area contributed by atoms with Crippen LogP contribution in [0.1, 0.15) is 42.0 Å². The van der Waals surface area contributed by atoms with Gasteiger partial charge in [0.2, 0.25) is 0 Å². The van der Waals surface area contributed by atoms with E-state index in [0.717, 1.165) is 0 Å². The van der Waals surface area contributed by atoms with Gasteiger partial charge in [-0.1, -0.05) is 18.2 Å². The highest BCUT2D eigenvalue weighted by atomic mass is 14.9. The maximum atomic E-state index is 3.60. The molecule has 0 bridgehead atoms. The molecule has 1 atom stereocenters. The van der Waals surface area contributed by atoms with Crippen molar-refractivity contribution < 1.29 is 0 Å². The highest BCUT2D eigenvalue weighted by Crippen LogP contribution is 2.32. The zero-order valence-corrected chi connectivity index (χ0v) is 8.55. The van der Waals surface area contributed by atoms with Crippen LogP contribution in [0, 0.1) is 0 Å². The number of fused-ring (bicyclic) bond motifs is 1. The lowest BCUT2D eigenvalue weighted by molar-refractivity contribution is 0.641. The Bertz CT molecular complexity index is 337. The molecule has 1 fully saturated rings. The van der Waals surface area contributed by atoms with Crippen molar-refractivity contribution in [2.75, 3.05) is 6.54 Å². The molecule has 1 heterocycles. The molecule has 1 aromatic carbocycles. The molecule has 1 aliphatic heterocycles. The van der Waals surface area contributed by atoms with E-state index in [9.17, 15) is 0 Å². The van der Waals surface area contributed by atoms with Crippen molar-refractivity contribution in [1.82, 2.24) is 5.32 Å². The molecule has 0 unspecified atom stereocenters. The van der Waals surface area contributed by atoms with Crippen molar-refractivity contribution in [2.45, 2.75) is 38.1 Å². The number of hydrogen-bond donors (Lipinski definition) is 1. The van der Waals surface area contributed by atoms with Gasteiger partial charge in [-0.2, -0.15) is 0 Å². The molecule has 1 N–H and O–H groups in total. The fourth-order valence-electron chi connectivity index (χ4n) is 2.93. The van der Waals surface area contributed by atoms with Crippen molar-refractivity contribution in [1.29, 1.82) is 0 Å². The summed E-state index contributed by atoms with van der Waals surface area (Å²) in [5.74, 6) is 0. The van der Waals surface area contributed by atoms with Crippen LogP contribution in [0.2, 0.25) is 0 Å². The lowest BCUT2D eigenvalue weighted by Crippen LogP contribution is -2.14. The first-order chi connectivity index (χ1) is 6.95. The third kappa shape index (κ3) is 1.27. The van der Waals surface area contributed by atoms with Gasteiger partial charge < -0.3 is 5.32 Å². The average Bonchev–Trinajstić information content (AvgIpc) is 2.88. The first-order valence-corrected chi connectivity index (χ1v) is 5.79. The fraction of sp³-hybridized carbons (Fsp3) is 0.538. The van der Waals surface area contributed by atoms with E-state index in [4.69, 9.17) is 0 Å². The lowest BCUT2D eigenvalue weighted by atomic mass is 9.96. The minimum atomic E-state index is 0.656. The number of rotatable bonds is 1. The molecule has 0 spiro atoms. The summed E-state index contributed by atoms with van der Waals surface area (Å²) in [6.45, 7) is 1.20. The zero-order chi connectivity index (χ0) is 9.38. The molecule has 14 heavy (non-hydrogen) atoms. The van der Waals surface area contributed by atoms with Crippen LogP contribution in [0.25, 0.3) is 0 Å². The molecule has 0 radical (unpaired) electrons. The topological polar surface area (TPSA) is 12.0 Å². The Morgan fingerprint density at radius 3 is 3.00 bits per heavy atom. The molecule has 0 amide bonds. The number of benzene rings is 1. The largest absolute Gasteiger partial charge is 0.310 e. The number of nitrogens with one attached hydrogen (secondary N) is 1. The molecular formula is C13H17N. The van der Waals surface area contributed by atoms with Gasteiger partial charge >= 0.3 is 0 Å². The molecule has 2 aliphatic rings. The summed E-state index contributed by atoms with van der Waals surface area (Å²) < 4.78 is 0. The Labute approximate surface area is 85.5 Å². The molecule has 1 aliphatic carbocycles. The summed E-state index contributed by atoms with van der Waals surface area (Å²) in [5.41, 5.74) is 4.86. The minimum Gasteiger partial charge on any atom is -0.310 e. The molecule has 74 valence electrons. The number of hydrogen-bond acceptors (Lipinski definition) is 1. The van der Waals surface area contributed by atoms with Crippen molar-refractivity contribution in [2.24, 2.45) is 0 Å². The SMILES string of the molecule is c1cc2c(c([C@@H]3CCCN3)c1)CCC2. The predicted octanol–water partition coefficient (Wildman–Crippen LogP) is 2.60. The Morgan fingerprint density at radius 2 is 2.14 bits per heavy atom. The van der Waals surface area contributed by atoms with Crippen LogP contribution in [-0.4, -0.2) is 6.54 Å². The monoisotopic (exact) mass is 187 g/mol. The van der Waals surface area contributed by atoms with Crippen LogP contribution in [0.4, 0.5) is 0 Å². The molecule has 1 nitrogen and oxygen atoms in total. The Morgan fingerprint density at radius 1 is 1.14 bits per heavy atom. The van der Waals surface area contributed by atoms with Gasteiger partial charge in [-0.05, 0) is 55.3 Å². The zero-order valence-electron chi connectivity index (χ0n) is 8.55. The smallest absolute Gasteiger partial charge is 0.0323 e. The third-order valence-corrected chi connectivity index (χ3v) is 3.62. The minimum absolute atomic E-state index is 0.656. The van der Waals surface area contributed by atoms with Crippen molar-refractivity contribution >= 4 is 0 Å². The molecule has 1 saturated heterocycles. The first kappa shape index (κ1) is 8.49. The van der Waals surface area contributed by atoms with Crippen LogP contribution in [0.15, 0.2) is 18.2 Å². The molecular weight excluding hydrogens is 170 g/mol. The van der Waals surface area contributed by atoms with Gasteiger partial charge in [-0.25, -0.2) is 0 Å². The van der Waals surface area contributed by atoms with Gasteiger partial charge in [-0.15, -0.1) is 0 Å². The average molecular weight is 187 g/mol. The van der Waals surface area contributed by atoms with E-state index < -0.39 is 0 Å². The highest BCUT2D eigenvalue weighted by Gasteiger charge is 2.22. The molecule has 0 aromatic heterocycles. The van der Waals surface area contributed by atoms with Gasteiger partial charge in [0, 0.05) is 6.04 Å². The Kier molecular flexibility index (Phi) is 2.06. The summed E-state index contributed by atoms with van der Waals surface area (Å²) in [6, 6.07) is 7.52. The van der Waals surface area contributed by atoms with Gasteiger partial charge in [-0.3, -0.25) is 0 Å². The molecule has 0 saturated carbocycles. The molecule has 1 heteroatoms. The van der Waals surface area contributed by atoms with Gasteiger partial charge in [0.15, 0.2) is 0 Å². The summed E-state index contributed by atoms with van der Waals surface area (Å²) in [4.78, 5) is 0. The maximum Gasteiger partial charge on any atom is 0.0323 e. The second-order valence-electron chi connectivity index (χ2n) is 4.49. The van der Waals surface area contributed by atoms with E-state index in [1.54, 1.807) is 16.7 Å². The summed E-state index contributed by atoms with van der Waals surface area (Å²) in [6.07, 6.45) is 6.64. The van der Waals surface area contributed by atoms with Crippen LogP contribution in [0.5, 0.6) is 0 Å². The quantitative estimate of drug-likeness (QED) is 0.712. The summed E-state index contributed by atoms with van der Waals surface area (Å²) in [5, 5.41) is 3.60. The van der Waals surface area contributed by atoms with E-state index >= 15 is 0 Å². The van der Waals surface area contributed by atoms with E-state index in [1.807, 2.05) is 0 Å². The van der Waals surface area contributed by atoms with Gasteiger partial charge in [0.1, 0.15) is 0 Å². The van der Waals surface area contributed by atoms with Crippen LogP contribution in [0.3, 0.4) is 0 Å². The fourth-order valence-corrected chi connectivity index (χ4v) is 2.93. The lowest BCUT2D eigenvalue weighted by Gasteiger charge is -2.15. The van der Waals surface area contributed by atoms with Gasteiger partial charge in [0.25, 0.3) is 0 Å². The van der Waals surface area contributed by atoms with Crippen molar-refractivity contribution in [3.63, 3.8) is 0 Å². The van der Waals surface area contributed by atoms with E-state index in [2.05, 4.69) is 23.5 Å². The second-order valence-corrected chi connectivity index (χ2v) is 4.49. The van der Waals surface area contributed by atoms with Crippen molar-refractivity contribution in [3.05, 3.63) is 34.9 Å². The first-order valence-electron chi connectivity index (χ1n) is 5.79. The standard InChI is InChI=1S/C13H17N/c1-4-10-5-2-7-12(11(10)6-1)13-8-3-9-14-13/h2,5,7,13-14H,1,3-4,6,8-9H2/t13-/m0/s1. The predicted molar refractivity (Wildman–Crippen MR) is 58.4 cm³/mol. The summed E-state index contributed by atoms with van der Waals surface area (Å²) >= 11 is 0. The van der Waals surface area contributed by atoms with Crippen molar-refractivity contribution in [3.8, 4) is 0 Å². The van der Waals surface area contributed by atoms with Gasteiger partial charge in [0.05, 0.1) is 0 Å². The Hall–Kier alpha value is -0.820. The van der Waals surface area contributed by atoms with Crippen LogP contribution < -0.4 is 5.32 Å². The maximum absolute atomic E-state index is 3.60. The van der Waals surface area contributed by atoms with E-state index in [0.29, 0.717) is 6.04 Å². The second kappa shape index (κ2) is 3.39. The molecule has 3 rings (SSSR count). The van der Waals surface area contributed by atoms with E-state index in [1.165, 1.54) is 38.6 Å². The summed E-state index contributed by atoms with van der Waals surface area (Å²) in [7, 11) is 0. The van der Waals surface area contributed by atoms with Crippen LogP contribution in [-0.2, 0) is 12.8 Å². The van der Waals surface area contributed by atoms with Crippen LogP contribution >= 0.6 is 0 Å². The number of aryl methyl sites for hydroxylation is 1.